The van der Waals surface area contributed by atoms with E-state index in [0.29, 0.717) is 5.69 Å². The Kier molecular flexibility index (Phi) is 6.09. The number of methoxy groups -OCH3 is 1. The molecule has 1 aliphatic rings. The Balaban J connectivity index is 1.72. The zero-order valence-corrected chi connectivity index (χ0v) is 15.8. The van der Waals surface area contributed by atoms with Gasteiger partial charge in [-0.3, -0.25) is 4.79 Å². The van der Waals surface area contributed by atoms with Gasteiger partial charge in [0.25, 0.3) is 0 Å². The first-order valence-electron chi connectivity index (χ1n) is 8.79. The van der Waals surface area contributed by atoms with E-state index in [9.17, 15) is 23.2 Å². The van der Waals surface area contributed by atoms with Crippen molar-refractivity contribution in [3.05, 3.63) is 35.7 Å². The number of piperazine rings is 1. The van der Waals surface area contributed by atoms with Crippen LogP contribution in [0.1, 0.15) is 5.69 Å². The molecule has 1 aromatic carbocycles. The minimum Gasteiger partial charge on any atom is -0.474 e. The van der Waals surface area contributed by atoms with Gasteiger partial charge in [-0.1, -0.05) is 5.21 Å². The van der Waals surface area contributed by atoms with Crippen molar-refractivity contribution in [3.8, 4) is 5.69 Å². The number of aliphatic carboxylic acids is 1. The fourth-order valence-electron chi connectivity index (χ4n) is 3.00. The predicted molar refractivity (Wildman–Crippen MR) is 96.9 cm³/mol. The lowest BCUT2D eigenvalue weighted by Gasteiger charge is -2.35. The molecule has 1 fully saturated rings. The molecule has 0 bridgehead atoms. The summed E-state index contributed by atoms with van der Waals surface area (Å²) < 4.78 is 35.0. The van der Waals surface area contributed by atoms with Gasteiger partial charge in [0.15, 0.2) is 11.6 Å². The van der Waals surface area contributed by atoms with E-state index >= 15 is 0 Å². The number of carbonyl (C=O) groups excluding carboxylic acids is 2. The van der Waals surface area contributed by atoms with E-state index in [2.05, 4.69) is 20.4 Å². The molecule has 0 spiro atoms. The number of carbonyl (C=O) groups is 3. The third-order valence-electron chi connectivity index (χ3n) is 4.47. The highest BCUT2D eigenvalue weighted by molar-refractivity contribution is 6.31. The van der Waals surface area contributed by atoms with Crippen molar-refractivity contribution in [2.75, 3.05) is 38.2 Å². The fraction of sp³-hybridized carbons (Fsp3) is 0.353. The van der Waals surface area contributed by atoms with Crippen molar-refractivity contribution in [2.45, 2.75) is 6.54 Å². The maximum absolute atomic E-state index is 14.7. The highest BCUT2D eigenvalue weighted by atomic mass is 19.1. The third-order valence-corrected chi connectivity index (χ3v) is 4.47. The monoisotopic (exact) mass is 424 g/mol. The first-order chi connectivity index (χ1) is 14.3. The van der Waals surface area contributed by atoms with Crippen LogP contribution >= 0.6 is 0 Å². The van der Waals surface area contributed by atoms with Crippen molar-refractivity contribution in [1.29, 1.82) is 0 Å². The Labute approximate surface area is 168 Å². The van der Waals surface area contributed by atoms with Crippen LogP contribution in [0.2, 0.25) is 0 Å². The van der Waals surface area contributed by atoms with Crippen LogP contribution in [0.3, 0.4) is 0 Å². The van der Waals surface area contributed by atoms with Gasteiger partial charge >= 0.3 is 18.0 Å². The van der Waals surface area contributed by atoms with Gasteiger partial charge in [0.1, 0.15) is 11.4 Å². The number of hydrogen-bond acceptors (Lipinski definition) is 7. The summed E-state index contributed by atoms with van der Waals surface area (Å²) in [7, 11) is 1.21. The summed E-state index contributed by atoms with van der Waals surface area (Å²) in [5, 5.41) is 18.8. The van der Waals surface area contributed by atoms with Gasteiger partial charge in [0.05, 0.1) is 25.5 Å². The Morgan fingerprint density at radius 2 is 1.80 bits per heavy atom. The van der Waals surface area contributed by atoms with Crippen molar-refractivity contribution in [3.63, 3.8) is 0 Å². The Morgan fingerprint density at radius 3 is 2.37 bits per heavy atom. The molecule has 2 N–H and O–H groups in total. The lowest BCUT2D eigenvalue weighted by atomic mass is 10.2. The van der Waals surface area contributed by atoms with Gasteiger partial charge in [-0.05, 0) is 0 Å². The highest BCUT2D eigenvalue weighted by Crippen LogP contribution is 2.27. The molecule has 0 aliphatic carbocycles. The number of ether oxygens (including phenoxy) is 1. The van der Waals surface area contributed by atoms with E-state index in [0.717, 1.165) is 21.7 Å². The second-order valence-corrected chi connectivity index (χ2v) is 6.34. The van der Waals surface area contributed by atoms with Crippen molar-refractivity contribution >= 4 is 23.7 Å². The molecule has 2 heterocycles. The zero-order chi connectivity index (χ0) is 21.8. The third kappa shape index (κ3) is 4.45. The van der Waals surface area contributed by atoms with Crippen LogP contribution in [0.25, 0.3) is 5.69 Å². The van der Waals surface area contributed by atoms with Crippen LogP contribution in [0, 0.1) is 11.6 Å². The summed E-state index contributed by atoms with van der Waals surface area (Å²) in [5.74, 6) is -4.30. The SMILES string of the molecule is COC(=O)NCc1cn(-c2cc(F)c(N3CCN(C(=O)C(=O)O)CC3)c(F)c2)nn1. The molecule has 11 nitrogen and oxygen atoms in total. The number of carboxylic acid groups (broad SMARTS) is 1. The van der Waals surface area contributed by atoms with E-state index in [1.807, 2.05) is 0 Å². The minimum atomic E-state index is -1.57. The maximum Gasteiger partial charge on any atom is 0.407 e. The van der Waals surface area contributed by atoms with Gasteiger partial charge in [0.2, 0.25) is 0 Å². The average molecular weight is 424 g/mol. The Hall–Kier alpha value is -3.77. The molecule has 1 saturated heterocycles. The molecule has 0 saturated carbocycles. The number of benzene rings is 1. The number of carboxylic acids is 1. The molecule has 2 aromatic rings. The second-order valence-electron chi connectivity index (χ2n) is 6.34. The summed E-state index contributed by atoms with van der Waals surface area (Å²) in [6.07, 6.45) is 0.747. The molecule has 1 aromatic heterocycles. The van der Waals surface area contributed by atoms with Gasteiger partial charge in [-0.25, -0.2) is 23.1 Å². The number of alkyl carbamates (subject to hydrolysis) is 1. The van der Waals surface area contributed by atoms with E-state index < -0.39 is 29.6 Å². The smallest absolute Gasteiger partial charge is 0.407 e. The number of hydrogen-bond donors (Lipinski definition) is 2. The molecule has 13 heteroatoms. The van der Waals surface area contributed by atoms with Gasteiger partial charge in [-0.15, -0.1) is 5.10 Å². The number of amides is 2. The summed E-state index contributed by atoms with van der Waals surface area (Å²) >= 11 is 0. The second kappa shape index (κ2) is 8.71. The van der Waals surface area contributed by atoms with Crippen molar-refractivity contribution in [1.82, 2.24) is 25.2 Å². The first-order valence-corrected chi connectivity index (χ1v) is 8.79. The lowest BCUT2D eigenvalue weighted by molar-refractivity contribution is -0.156. The minimum absolute atomic E-state index is 0.0229. The Morgan fingerprint density at radius 1 is 1.17 bits per heavy atom. The largest absolute Gasteiger partial charge is 0.474 e. The average Bonchev–Trinajstić information content (AvgIpc) is 3.20. The standard InChI is InChI=1S/C17H18F2N6O5/c1-30-17(29)20-8-10-9-25(22-21-10)11-6-12(18)14(13(19)7-11)23-2-4-24(5-3-23)15(26)16(27)28/h6-7,9H,2-5,8H2,1H3,(H,20,29)(H,27,28). The summed E-state index contributed by atoms with van der Waals surface area (Å²) in [6.45, 7) is 0.254. The maximum atomic E-state index is 14.7. The van der Waals surface area contributed by atoms with Gasteiger partial charge in [-0.2, -0.15) is 0 Å². The number of anilines is 1. The number of halogens is 2. The molecule has 1 aliphatic heterocycles. The predicted octanol–water partition coefficient (Wildman–Crippen LogP) is 0.135. The molecular formula is C17H18F2N6O5. The zero-order valence-electron chi connectivity index (χ0n) is 15.8. The van der Waals surface area contributed by atoms with Crippen LogP contribution in [-0.4, -0.2) is 76.3 Å². The topological polar surface area (TPSA) is 130 Å². The van der Waals surface area contributed by atoms with Gasteiger partial charge in [0, 0.05) is 38.3 Å². The molecule has 160 valence electrons. The number of rotatable bonds is 4. The number of aromatic nitrogens is 3. The summed E-state index contributed by atoms with van der Waals surface area (Å²) in [6, 6.07) is 2.17. The molecule has 2 amide bonds. The normalized spacial score (nSPS) is 13.8. The van der Waals surface area contributed by atoms with Crippen molar-refractivity contribution in [2.24, 2.45) is 0 Å². The summed E-state index contributed by atoms with van der Waals surface area (Å²) in [5.41, 5.74) is 0.170. The van der Waals surface area contributed by atoms with Crippen LogP contribution in [0.4, 0.5) is 19.3 Å². The molecule has 3 rings (SSSR count). The van der Waals surface area contributed by atoms with E-state index in [-0.39, 0.29) is 44.1 Å². The molecular weight excluding hydrogens is 406 g/mol. The first kappa shape index (κ1) is 21.0. The molecule has 0 radical (unpaired) electrons. The lowest BCUT2D eigenvalue weighted by Crippen LogP contribution is -2.51. The van der Waals surface area contributed by atoms with E-state index in [4.69, 9.17) is 5.11 Å². The van der Waals surface area contributed by atoms with E-state index in [1.54, 1.807) is 0 Å². The Bertz CT molecular complexity index is 950. The van der Waals surface area contributed by atoms with Crippen LogP contribution in [0.5, 0.6) is 0 Å². The highest BCUT2D eigenvalue weighted by Gasteiger charge is 2.28. The summed E-state index contributed by atoms with van der Waals surface area (Å²) in [4.78, 5) is 35.9. The molecule has 0 unspecified atom stereocenters. The van der Waals surface area contributed by atoms with E-state index in [1.165, 1.54) is 18.2 Å². The van der Waals surface area contributed by atoms with Crippen LogP contribution in [-0.2, 0) is 20.9 Å². The molecule has 30 heavy (non-hydrogen) atoms. The van der Waals surface area contributed by atoms with Crippen LogP contribution in [0.15, 0.2) is 18.3 Å². The van der Waals surface area contributed by atoms with Crippen molar-refractivity contribution < 1.29 is 33.0 Å². The number of nitrogens with one attached hydrogen (secondary N) is 1. The van der Waals surface area contributed by atoms with Crippen LogP contribution < -0.4 is 10.2 Å². The molecule has 0 atom stereocenters. The quantitative estimate of drug-likeness (QED) is 0.663. The van der Waals surface area contributed by atoms with Gasteiger partial charge < -0.3 is 25.0 Å². The number of nitrogens with zero attached hydrogens (tertiary/aromatic N) is 5. The fourth-order valence-corrected chi connectivity index (χ4v) is 3.00.